The van der Waals surface area contributed by atoms with Crippen molar-refractivity contribution in [1.82, 2.24) is 0 Å². The van der Waals surface area contributed by atoms with Gasteiger partial charge in [0, 0.05) is 10.5 Å². The fourth-order valence-corrected chi connectivity index (χ4v) is 1.81. The van der Waals surface area contributed by atoms with E-state index in [4.69, 9.17) is 0 Å². The molecule has 1 aromatic rings. The average Bonchev–Trinajstić information content (AvgIpc) is 2.36. The van der Waals surface area contributed by atoms with Crippen LogP contribution in [0.3, 0.4) is 0 Å². The van der Waals surface area contributed by atoms with Crippen LogP contribution in [0.4, 0.5) is 26.3 Å². The Morgan fingerprint density at radius 1 is 1.09 bits per heavy atom. The topological polar surface area (TPSA) is 55.7 Å². The minimum Gasteiger partial charge on any atom is -0.261 e. The Morgan fingerprint density at radius 3 is 1.95 bits per heavy atom. The summed E-state index contributed by atoms with van der Waals surface area (Å²) in [5.74, 6) is 0. The minimum absolute atomic E-state index is 0.592. The Labute approximate surface area is 125 Å². The fraction of sp³-hybridized carbons (Fsp3) is 0.300. The van der Waals surface area contributed by atoms with Crippen LogP contribution >= 0.6 is 11.8 Å². The molecule has 0 radical (unpaired) electrons. The van der Waals surface area contributed by atoms with Gasteiger partial charge in [-0.1, -0.05) is 17.3 Å². The van der Waals surface area contributed by atoms with Crippen molar-refractivity contribution >= 4 is 27.6 Å². The summed E-state index contributed by atoms with van der Waals surface area (Å²) in [6, 6.07) is 4.39. The molecule has 0 fully saturated rings. The second-order valence-electron chi connectivity index (χ2n) is 3.64. The van der Waals surface area contributed by atoms with E-state index in [1.165, 1.54) is 23.9 Å². The van der Waals surface area contributed by atoms with E-state index in [2.05, 4.69) is 9.44 Å². The van der Waals surface area contributed by atoms with Gasteiger partial charge in [0.2, 0.25) is 0 Å². The summed E-state index contributed by atoms with van der Waals surface area (Å²) >= 11 is 1.22. The Hall–Kier alpha value is -1.43. The van der Waals surface area contributed by atoms with Crippen molar-refractivity contribution in [2.45, 2.75) is 16.6 Å². The van der Waals surface area contributed by atoms with E-state index in [1.54, 1.807) is 6.26 Å². The predicted molar refractivity (Wildman–Crippen MR) is 66.9 cm³/mol. The molecule has 1 rings (SSSR count). The maximum atomic E-state index is 12.8. The Kier molecular flexibility index (Phi) is 5.38. The van der Waals surface area contributed by atoms with Crippen LogP contribution in [-0.4, -0.2) is 32.1 Å². The van der Waals surface area contributed by atoms with Crippen molar-refractivity contribution in [2.24, 2.45) is 5.16 Å². The summed E-state index contributed by atoms with van der Waals surface area (Å²) in [6.45, 7) is 0. The molecule has 0 N–H and O–H groups in total. The summed E-state index contributed by atoms with van der Waals surface area (Å²) < 4.78 is 98.6. The predicted octanol–water partition coefficient (Wildman–Crippen LogP) is 3.54. The lowest BCUT2D eigenvalue weighted by molar-refractivity contribution is -0.0633. The highest BCUT2D eigenvalue weighted by Crippen LogP contribution is 2.28. The lowest BCUT2D eigenvalue weighted by Gasteiger charge is -2.11. The molecule has 0 spiro atoms. The zero-order valence-electron chi connectivity index (χ0n) is 10.6. The molecule has 0 heterocycles. The van der Waals surface area contributed by atoms with Crippen LogP contribution in [0.2, 0.25) is 0 Å². The molecule has 0 aliphatic heterocycles. The minimum atomic E-state index is -6.27. The summed E-state index contributed by atoms with van der Waals surface area (Å²) in [5.41, 5.74) is -8.41. The zero-order chi connectivity index (χ0) is 17.2. The van der Waals surface area contributed by atoms with E-state index in [0.717, 1.165) is 12.1 Å². The first-order chi connectivity index (χ1) is 9.88. The molecule has 4 nitrogen and oxygen atoms in total. The van der Waals surface area contributed by atoms with E-state index in [1.807, 2.05) is 0 Å². The summed E-state index contributed by atoms with van der Waals surface area (Å²) in [4.78, 5) is 0.592. The van der Waals surface area contributed by atoms with Crippen LogP contribution in [0.15, 0.2) is 34.3 Å². The third-order valence-electron chi connectivity index (χ3n) is 2.14. The van der Waals surface area contributed by atoms with Crippen molar-refractivity contribution in [3.05, 3.63) is 29.8 Å². The smallest absolute Gasteiger partial charge is 0.261 e. The van der Waals surface area contributed by atoms with Crippen LogP contribution in [0.1, 0.15) is 5.56 Å². The zero-order valence-corrected chi connectivity index (χ0v) is 12.2. The standard InChI is InChI=1S/C10H7F6NO3S2/c1-21-7-4-2-6(3-5-7)8(9(11,12)13)17-20-22(18,19)10(14,15)16/h2-5H,1H3. The highest BCUT2D eigenvalue weighted by atomic mass is 32.2. The first-order valence-corrected chi connectivity index (χ1v) is 7.81. The average molecular weight is 367 g/mol. The Bertz CT molecular complexity index is 649. The van der Waals surface area contributed by atoms with Crippen molar-refractivity contribution in [3.63, 3.8) is 0 Å². The van der Waals surface area contributed by atoms with Crippen molar-refractivity contribution < 1.29 is 39.0 Å². The molecule has 0 aliphatic rings. The summed E-state index contributed by atoms with van der Waals surface area (Å²) in [6.07, 6.45) is -3.55. The quantitative estimate of drug-likeness (QED) is 0.269. The Morgan fingerprint density at radius 2 is 1.59 bits per heavy atom. The molecule has 0 bridgehead atoms. The van der Waals surface area contributed by atoms with Gasteiger partial charge in [0.15, 0.2) is 5.71 Å². The second kappa shape index (κ2) is 6.36. The van der Waals surface area contributed by atoms with Crippen molar-refractivity contribution in [1.29, 1.82) is 0 Å². The number of hydrogen-bond acceptors (Lipinski definition) is 5. The lowest BCUT2D eigenvalue weighted by Crippen LogP contribution is -2.28. The molecule has 1 aromatic carbocycles. The van der Waals surface area contributed by atoms with Crippen LogP contribution in [0.5, 0.6) is 0 Å². The monoisotopic (exact) mass is 367 g/mol. The number of benzene rings is 1. The van der Waals surface area contributed by atoms with Crippen molar-refractivity contribution in [3.8, 4) is 0 Å². The van der Waals surface area contributed by atoms with Gasteiger partial charge in [-0.15, -0.1) is 11.8 Å². The van der Waals surface area contributed by atoms with Gasteiger partial charge < -0.3 is 0 Å². The second-order valence-corrected chi connectivity index (χ2v) is 6.04. The summed E-state index contributed by atoms with van der Waals surface area (Å²) in [7, 11) is -6.27. The molecule has 0 aliphatic carbocycles. The molecular formula is C10H7F6NO3S2. The molecule has 0 amide bonds. The van der Waals surface area contributed by atoms with Gasteiger partial charge in [0.25, 0.3) is 0 Å². The SMILES string of the molecule is CSc1ccc(C(=NOS(=O)(=O)C(F)(F)F)C(F)(F)F)cc1. The third kappa shape index (κ3) is 4.53. The van der Waals surface area contributed by atoms with Crippen LogP contribution in [-0.2, 0) is 14.4 Å². The number of alkyl halides is 6. The largest absolute Gasteiger partial charge is 0.536 e. The third-order valence-corrected chi connectivity index (χ3v) is 3.72. The van der Waals surface area contributed by atoms with E-state index in [9.17, 15) is 34.8 Å². The first kappa shape index (κ1) is 18.6. The number of halogens is 6. The van der Waals surface area contributed by atoms with Crippen molar-refractivity contribution in [2.75, 3.05) is 6.26 Å². The van der Waals surface area contributed by atoms with E-state index in [-0.39, 0.29) is 0 Å². The lowest BCUT2D eigenvalue weighted by atomic mass is 10.1. The molecular weight excluding hydrogens is 360 g/mol. The van der Waals surface area contributed by atoms with Gasteiger partial charge in [-0.3, -0.25) is 4.28 Å². The number of thioether (sulfide) groups is 1. The first-order valence-electron chi connectivity index (χ1n) is 5.18. The fourth-order valence-electron chi connectivity index (χ4n) is 1.15. The number of nitrogens with zero attached hydrogens (tertiary/aromatic N) is 1. The molecule has 0 saturated heterocycles. The molecule has 12 heteroatoms. The maximum absolute atomic E-state index is 12.8. The highest BCUT2D eigenvalue weighted by molar-refractivity contribution is 7.98. The number of oxime groups is 1. The van der Waals surface area contributed by atoms with Gasteiger partial charge >= 0.3 is 21.8 Å². The summed E-state index contributed by atoms with van der Waals surface area (Å²) in [5, 5.41) is 2.14. The van der Waals surface area contributed by atoms with Gasteiger partial charge in [-0.2, -0.15) is 34.8 Å². The van der Waals surface area contributed by atoms with Gasteiger partial charge in [-0.05, 0) is 18.4 Å². The van der Waals surface area contributed by atoms with Gasteiger partial charge in [0.05, 0.1) is 0 Å². The highest BCUT2D eigenvalue weighted by Gasteiger charge is 2.49. The molecule has 22 heavy (non-hydrogen) atoms. The van der Waals surface area contributed by atoms with Gasteiger partial charge in [0.1, 0.15) is 0 Å². The molecule has 0 unspecified atom stereocenters. The van der Waals surface area contributed by atoms with E-state index >= 15 is 0 Å². The Balaban J connectivity index is 3.22. The van der Waals surface area contributed by atoms with Gasteiger partial charge in [-0.25, -0.2) is 0 Å². The van der Waals surface area contributed by atoms with Crippen LogP contribution in [0, 0.1) is 0 Å². The number of hydrogen-bond donors (Lipinski definition) is 0. The molecule has 0 aromatic heterocycles. The molecule has 0 saturated carbocycles. The molecule has 124 valence electrons. The van der Waals surface area contributed by atoms with E-state index in [0.29, 0.717) is 4.90 Å². The molecule has 0 atom stereocenters. The van der Waals surface area contributed by atoms with Crippen LogP contribution < -0.4 is 0 Å². The van der Waals surface area contributed by atoms with Crippen LogP contribution in [0.25, 0.3) is 0 Å². The number of rotatable bonds is 4. The van der Waals surface area contributed by atoms with E-state index < -0.39 is 33.1 Å². The normalized spacial score (nSPS) is 14.0. The maximum Gasteiger partial charge on any atom is 0.536 e.